The number of pyridine rings is 2. The van der Waals surface area contributed by atoms with E-state index in [0.29, 0.717) is 0 Å². The Morgan fingerprint density at radius 3 is 2.80 bits per heavy atom. The van der Waals surface area contributed by atoms with E-state index >= 15 is 0 Å². The zero-order valence-electron chi connectivity index (χ0n) is 13.1. The lowest BCUT2D eigenvalue weighted by atomic mass is 9.89. The third-order valence-electron chi connectivity index (χ3n) is 4.13. The lowest BCUT2D eigenvalue weighted by Gasteiger charge is -2.14. The van der Waals surface area contributed by atoms with E-state index in [2.05, 4.69) is 4.98 Å². The fourth-order valence-corrected chi connectivity index (χ4v) is 3.15. The summed E-state index contributed by atoms with van der Waals surface area (Å²) in [6, 6.07) is 5.98. The normalized spacial score (nSPS) is 12.8. The number of fused-ring (bicyclic) bond motifs is 4. The van der Waals surface area contributed by atoms with Gasteiger partial charge in [-0.25, -0.2) is 4.79 Å². The minimum atomic E-state index is -0.775. The highest BCUT2D eigenvalue weighted by molar-refractivity contribution is 6.31. The highest BCUT2D eigenvalue weighted by atomic mass is 16.5. The average Bonchev–Trinajstić information content (AvgIpc) is 2.97. The number of aromatic hydroxyl groups is 1. The molecular weight excluding hydrogens is 324 g/mol. The Labute approximate surface area is 141 Å². The van der Waals surface area contributed by atoms with Gasteiger partial charge in [0.2, 0.25) is 11.6 Å². The van der Waals surface area contributed by atoms with Gasteiger partial charge >= 0.3 is 5.97 Å². The lowest BCUT2D eigenvalue weighted by Crippen LogP contribution is -2.24. The molecule has 4 rings (SSSR count). The lowest BCUT2D eigenvalue weighted by molar-refractivity contribution is 0.0525. The van der Waals surface area contributed by atoms with Crippen LogP contribution in [0, 0.1) is 0 Å². The SMILES string of the molecule is CCOC(=O)c1c2c(n3cccc(O)c13)C(=O)c1cccnc1C2=O. The van der Waals surface area contributed by atoms with Gasteiger partial charge in [-0.3, -0.25) is 14.6 Å². The second kappa shape index (κ2) is 5.27. The molecule has 0 radical (unpaired) electrons. The Balaban J connectivity index is 2.15. The highest BCUT2D eigenvalue weighted by Crippen LogP contribution is 2.36. The van der Waals surface area contributed by atoms with Crippen molar-refractivity contribution >= 4 is 23.1 Å². The topological polar surface area (TPSA) is 98.0 Å². The first-order valence-corrected chi connectivity index (χ1v) is 7.63. The highest BCUT2D eigenvalue weighted by Gasteiger charge is 2.39. The second-order valence-corrected chi connectivity index (χ2v) is 5.49. The summed E-state index contributed by atoms with van der Waals surface area (Å²) in [4.78, 5) is 42.3. The fourth-order valence-electron chi connectivity index (χ4n) is 3.15. The maximum Gasteiger partial charge on any atom is 0.341 e. The molecule has 0 saturated carbocycles. The van der Waals surface area contributed by atoms with Crippen molar-refractivity contribution in [1.29, 1.82) is 0 Å². The van der Waals surface area contributed by atoms with Gasteiger partial charge in [-0.1, -0.05) is 0 Å². The van der Waals surface area contributed by atoms with E-state index in [9.17, 15) is 19.5 Å². The van der Waals surface area contributed by atoms with Gasteiger partial charge in [-0.05, 0) is 31.2 Å². The zero-order chi connectivity index (χ0) is 17.7. The Bertz CT molecular complexity index is 1080. The quantitative estimate of drug-likeness (QED) is 0.562. The largest absolute Gasteiger partial charge is 0.506 e. The molecule has 0 bridgehead atoms. The summed E-state index contributed by atoms with van der Waals surface area (Å²) < 4.78 is 6.39. The number of esters is 1. The number of hydrogen-bond acceptors (Lipinski definition) is 6. The number of aromatic nitrogens is 2. The van der Waals surface area contributed by atoms with Crippen molar-refractivity contribution in [2.75, 3.05) is 6.61 Å². The molecule has 7 nitrogen and oxygen atoms in total. The van der Waals surface area contributed by atoms with Gasteiger partial charge in [-0.2, -0.15) is 0 Å². The van der Waals surface area contributed by atoms with Gasteiger partial charge in [0.25, 0.3) is 0 Å². The Morgan fingerprint density at radius 2 is 2.04 bits per heavy atom. The Morgan fingerprint density at radius 1 is 1.24 bits per heavy atom. The Hall–Kier alpha value is -3.48. The van der Waals surface area contributed by atoms with Crippen molar-refractivity contribution in [3.05, 3.63) is 64.7 Å². The standard InChI is InChI=1S/C18H12N2O5/c1-2-25-18(24)12-11-15(20-8-4-6-10(21)14(12)20)16(22)9-5-3-7-19-13(9)17(11)23/h3-8,21H,2H2,1H3. The van der Waals surface area contributed by atoms with Crippen molar-refractivity contribution in [2.24, 2.45) is 0 Å². The predicted octanol–water partition coefficient (Wildman–Crippen LogP) is 1.99. The smallest absolute Gasteiger partial charge is 0.341 e. The van der Waals surface area contributed by atoms with Crippen LogP contribution in [0.1, 0.15) is 49.4 Å². The number of rotatable bonds is 2. The van der Waals surface area contributed by atoms with Crippen LogP contribution >= 0.6 is 0 Å². The Kier molecular flexibility index (Phi) is 3.18. The van der Waals surface area contributed by atoms with E-state index in [4.69, 9.17) is 4.74 Å². The van der Waals surface area contributed by atoms with Crippen molar-refractivity contribution in [3.8, 4) is 5.75 Å². The van der Waals surface area contributed by atoms with Crippen molar-refractivity contribution in [3.63, 3.8) is 0 Å². The number of hydrogen-bond donors (Lipinski definition) is 1. The molecule has 1 aliphatic rings. The van der Waals surface area contributed by atoms with Gasteiger partial charge in [0.15, 0.2) is 0 Å². The number of ether oxygens (including phenoxy) is 1. The molecule has 3 aromatic rings. The number of nitrogens with zero attached hydrogens (tertiary/aromatic N) is 2. The third-order valence-corrected chi connectivity index (χ3v) is 4.13. The molecule has 3 heterocycles. The van der Waals surface area contributed by atoms with E-state index in [1.807, 2.05) is 0 Å². The summed E-state index contributed by atoms with van der Waals surface area (Å²) >= 11 is 0. The summed E-state index contributed by atoms with van der Waals surface area (Å²) in [7, 11) is 0. The molecule has 0 aliphatic heterocycles. The first kappa shape index (κ1) is 15.1. The van der Waals surface area contributed by atoms with Crippen LogP contribution in [0.25, 0.3) is 5.52 Å². The molecule has 1 N–H and O–H groups in total. The minimum Gasteiger partial charge on any atom is -0.506 e. The number of carbonyl (C=O) groups excluding carboxylic acids is 3. The van der Waals surface area contributed by atoms with E-state index in [1.165, 1.54) is 35.0 Å². The number of carbonyl (C=O) groups is 3. The molecule has 7 heteroatoms. The van der Waals surface area contributed by atoms with Gasteiger partial charge in [0.05, 0.1) is 17.7 Å². The fraction of sp³-hybridized carbons (Fsp3) is 0.111. The first-order valence-electron chi connectivity index (χ1n) is 7.63. The molecule has 25 heavy (non-hydrogen) atoms. The molecule has 0 saturated heterocycles. The van der Waals surface area contributed by atoms with E-state index in [-0.39, 0.29) is 46.0 Å². The van der Waals surface area contributed by atoms with Crippen LogP contribution in [0.15, 0.2) is 36.7 Å². The summed E-state index contributed by atoms with van der Waals surface area (Å²) in [6.45, 7) is 1.72. The summed E-state index contributed by atoms with van der Waals surface area (Å²) in [5, 5.41) is 10.2. The summed E-state index contributed by atoms with van der Waals surface area (Å²) in [5.41, 5.74) is 0.0414. The molecule has 1 aliphatic carbocycles. The first-order chi connectivity index (χ1) is 12.1. The van der Waals surface area contributed by atoms with Gasteiger partial charge in [0.1, 0.15) is 28.2 Å². The monoisotopic (exact) mass is 336 g/mol. The van der Waals surface area contributed by atoms with Crippen LogP contribution in [0.3, 0.4) is 0 Å². The molecule has 0 unspecified atom stereocenters. The molecule has 3 aromatic heterocycles. The maximum atomic E-state index is 12.9. The van der Waals surface area contributed by atoms with Crippen LogP contribution in [0.5, 0.6) is 5.75 Å². The van der Waals surface area contributed by atoms with Crippen molar-refractivity contribution in [2.45, 2.75) is 6.92 Å². The van der Waals surface area contributed by atoms with Gasteiger partial charge in [-0.15, -0.1) is 0 Å². The molecule has 0 amide bonds. The van der Waals surface area contributed by atoms with Gasteiger partial charge < -0.3 is 14.2 Å². The third kappa shape index (κ3) is 1.92. The molecule has 0 spiro atoms. The average molecular weight is 336 g/mol. The summed E-state index contributed by atoms with van der Waals surface area (Å²) in [5.74, 6) is -1.98. The summed E-state index contributed by atoms with van der Waals surface area (Å²) in [6.07, 6.45) is 2.93. The van der Waals surface area contributed by atoms with Crippen molar-refractivity contribution < 1.29 is 24.2 Å². The van der Waals surface area contributed by atoms with E-state index in [1.54, 1.807) is 13.0 Å². The minimum absolute atomic E-state index is 0.0130. The molecule has 0 aromatic carbocycles. The maximum absolute atomic E-state index is 12.9. The second-order valence-electron chi connectivity index (χ2n) is 5.49. The predicted molar refractivity (Wildman–Crippen MR) is 86.1 cm³/mol. The van der Waals surface area contributed by atoms with E-state index in [0.717, 1.165) is 0 Å². The van der Waals surface area contributed by atoms with Crippen LogP contribution in [0.2, 0.25) is 0 Å². The van der Waals surface area contributed by atoms with Gasteiger partial charge in [0, 0.05) is 12.4 Å². The zero-order valence-corrected chi connectivity index (χ0v) is 13.1. The van der Waals surface area contributed by atoms with Crippen LogP contribution in [-0.2, 0) is 4.74 Å². The van der Waals surface area contributed by atoms with Crippen molar-refractivity contribution in [1.82, 2.24) is 9.38 Å². The van der Waals surface area contributed by atoms with Crippen LogP contribution in [-0.4, -0.2) is 38.6 Å². The molecule has 0 fully saturated rings. The van der Waals surface area contributed by atoms with Crippen LogP contribution in [0.4, 0.5) is 0 Å². The molecular formula is C18H12N2O5. The van der Waals surface area contributed by atoms with Crippen LogP contribution < -0.4 is 0 Å². The molecule has 0 atom stereocenters. The number of ketones is 2. The van der Waals surface area contributed by atoms with E-state index < -0.39 is 17.5 Å². The molecule has 124 valence electrons.